The smallest absolute Gasteiger partial charge is 0.257 e. The Labute approximate surface area is 124 Å². The Morgan fingerprint density at radius 3 is 2.43 bits per heavy atom. The van der Waals surface area contributed by atoms with Crippen LogP contribution in [0.2, 0.25) is 0 Å². The predicted molar refractivity (Wildman–Crippen MR) is 84.0 cm³/mol. The average molecular weight is 284 g/mol. The van der Waals surface area contributed by atoms with Crippen molar-refractivity contribution in [2.75, 3.05) is 12.3 Å². The van der Waals surface area contributed by atoms with Gasteiger partial charge in [0.05, 0.1) is 5.56 Å². The first-order chi connectivity index (χ1) is 10.1. The Morgan fingerprint density at radius 1 is 1.14 bits per heavy atom. The molecule has 0 unspecified atom stereocenters. The Balaban J connectivity index is 2.20. The minimum absolute atomic E-state index is 0.0147. The van der Waals surface area contributed by atoms with E-state index in [1.165, 1.54) is 6.07 Å². The van der Waals surface area contributed by atoms with Crippen molar-refractivity contribution >= 4 is 11.6 Å². The maximum absolute atomic E-state index is 12.6. The van der Waals surface area contributed by atoms with Gasteiger partial charge in [-0.2, -0.15) is 0 Å². The lowest BCUT2D eigenvalue weighted by Gasteiger charge is -2.22. The van der Waals surface area contributed by atoms with Gasteiger partial charge in [-0.25, -0.2) is 0 Å². The van der Waals surface area contributed by atoms with Crippen LogP contribution in [0.25, 0.3) is 0 Å². The molecular weight excluding hydrogens is 264 g/mol. The summed E-state index contributed by atoms with van der Waals surface area (Å²) in [6.07, 6.45) is 0.855. The van der Waals surface area contributed by atoms with Gasteiger partial charge < -0.3 is 15.7 Å². The highest BCUT2D eigenvalue weighted by Gasteiger charge is 2.18. The fourth-order valence-corrected chi connectivity index (χ4v) is 2.19. The van der Waals surface area contributed by atoms with Crippen molar-refractivity contribution in [3.63, 3.8) is 0 Å². The van der Waals surface area contributed by atoms with Crippen LogP contribution in [0.4, 0.5) is 5.69 Å². The highest BCUT2D eigenvalue weighted by atomic mass is 16.3. The van der Waals surface area contributed by atoms with Gasteiger partial charge in [0.25, 0.3) is 5.91 Å². The van der Waals surface area contributed by atoms with Gasteiger partial charge in [0.15, 0.2) is 0 Å². The molecule has 0 saturated carbocycles. The molecular formula is C17H20N2O2. The molecule has 0 fully saturated rings. The molecule has 0 spiro atoms. The molecule has 4 nitrogen and oxygen atoms in total. The van der Waals surface area contributed by atoms with E-state index in [1.54, 1.807) is 23.1 Å². The van der Waals surface area contributed by atoms with Gasteiger partial charge in [-0.1, -0.05) is 31.2 Å². The van der Waals surface area contributed by atoms with E-state index in [2.05, 4.69) is 0 Å². The number of nitrogens with zero attached hydrogens (tertiary/aromatic N) is 1. The summed E-state index contributed by atoms with van der Waals surface area (Å²) in [5.74, 6) is -0.146. The summed E-state index contributed by atoms with van der Waals surface area (Å²) in [5.41, 5.74) is 7.72. The number of benzene rings is 2. The fourth-order valence-electron chi connectivity index (χ4n) is 2.19. The third-order valence-corrected chi connectivity index (χ3v) is 3.27. The van der Waals surface area contributed by atoms with E-state index >= 15 is 0 Å². The fraction of sp³-hybridized carbons (Fsp3) is 0.235. The molecule has 1 amide bonds. The molecule has 0 saturated heterocycles. The number of para-hydroxylation sites is 1. The first-order valence-corrected chi connectivity index (χ1v) is 7.03. The number of nitrogens with two attached hydrogens (primary N) is 1. The van der Waals surface area contributed by atoms with Gasteiger partial charge in [0.2, 0.25) is 0 Å². The minimum Gasteiger partial charge on any atom is -0.507 e. The highest BCUT2D eigenvalue weighted by Crippen LogP contribution is 2.19. The number of hydrogen-bond acceptors (Lipinski definition) is 3. The monoisotopic (exact) mass is 284 g/mol. The van der Waals surface area contributed by atoms with Crippen LogP contribution in [0.3, 0.4) is 0 Å². The molecule has 2 aromatic carbocycles. The molecule has 0 aromatic heterocycles. The first-order valence-electron chi connectivity index (χ1n) is 7.03. The summed E-state index contributed by atoms with van der Waals surface area (Å²) in [7, 11) is 0. The summed E-state index contributed by atoms with van der Waals surface area (Å²) < 4.78 is 0. The van der Waals surface area contributed by atoms with Crippen molar-refractivity contribution in [1.82, 2.24) is 4.90 Å². The molecule has 2 rings (SSSR count). The molecule has 4 heteroatoms. The van der Waals surface area contributed by atoms with Crippen molar-refractivity contribution < 1.29 is 9.90 Å². The predicted octanol–water partition coefficient (Wildman–Crippen LogP) is 3.03. The Kier molecular flexibility index (Phi) is 4.82. The van der Waals surface area contributed by atoms with Crippen molar-refractivity contribution in [2.24, 2.45) is 0 Å². The molecule has 0 heterocycles. The molecule has 0 aliphatic heterocycles. The molecule has 3 N–H and O–H groups in total. The van der Waals surface area contributed by atoms with Crippen LogP contribution in [-0.4, -0.2) is 22.5 Å². The molecule has 21 heavy (non-hydrogen) atoms. The standard InChI is InChI=1S/C17H20N2O2/c1-2-11-19(12-13-7-9-14(18)10-8-13)17(21)15-5-3-4-6-16(15)20/h3-10,20H,2,11-12,18H2,1H3. The van der Waals surface area contributed by atoms with Gasteiger partial charge in [0.1, 0.15) is 5.75 Å². The van der Waals surface area contributed by atoms with Crippen LogP contribution >= 0.6 is 0 Å². The number of rotatable bonds is 5. The normalized spacial score (nSPS) is 10.3. The number of amides is 1. The van der Waals surface area contributed by atoms with Crippen LogP contribution in [-0.2, 0) is 6.54 Å². The lowest BCUT2D eigenvalue weighted by Crippen LogP contribution is -2.31. The van der Waals surface area contributed by atoms with Crippen LogP contribution in [0.1, 0.15) is 29.3 Å². The molecule has 0 bridgehead atoms. The quantitative estimate of drug-likeness (QED) is 0.829. The van der Waals surface area contributed by atoms with E-state index in [9.17, 15) is 9.90 Å². The van der Waals surface area contributed by atoms with Gasteiger partial charge in [-0.05, 0) is 36.2 Å². The Bertz CT molecular complexity index is 608. The second kappa shape index (κ2) is 6.79. The Morgan fingerprint density at radius 2 is 1.81 bits per heavy atom. The third kappa shape index (κ3) is 3.75. The number of nitrogen functional groups attached to an aromatic ring is 1. The van der Waals surface area contributed by atoms with Crippen molar-refractivity contribution in [3.8, 4) is 5.75 Å². The van der Waals surface area contributed by atoms with Crippen molar-refractivity contribution in [3.05, 3.63) is 59.7 Å². The number of anilines is 1. The Hall–Kier alpha value is -2.49. The summed E-state index contributed by atoms with van der Waals surface area (Å²) >= 11 is 0. The lowest BCUT2D eigenvalue weighted by atomic mass is 10.1. The van der Waals surface area contributed by atoms with E-state index in [0.29, 0.717) is 24.3 Å². The molecule has 0 atom stereocenters. The first kappa shape index (κ1) is 14.9. The van der Waals surface area contributed by atoms with Crippen LogP contribution in [0.5, 0.6) is 5.75 Å². The van der Waals surface area contributed by atoms with Gasteiger partial charge in [0, 0.05) is 18.8 Å². The van der Waals surface area contributed by atoms with Gasteiger partial charge in [-0.15, -0.1) is 0 Å². The van der Waals surface area contributed by atoms with E-state index in [-0.39, 0.29) is 11.7 Å². The summed E-state index contributed by atoms with van der Waals surface area (Å²) in [6.45, 7) is 3.16. The lowest BCUT2D eigenvalue weighted by molar-refractivity contribution is 0.0740. The average Bonchev–Trinajstić information content (AvgIpc) is 2.49. The zero-order valence-corrected chi connectivity index (χ0v) is 12.1. The number of phenolic OH excluding ortho intramolecular Hbond substituents is 1. The SMILES string of the molecule is CCCN(Cc1ccc(N)cc1)C(=O)c1ccccc1O. The molecule has 110 valence electrons. The van der Waals surface area contributed by atoms with Crippen LogP contribution in [0.15, 0.2) is 48.5 Å². The van der Waals surface area contributed by atoms with Gasteiger partial charge in [-0.3, -0.25) is 4.79 Å². The number of aromatic hydroxyl groups is 1. The minimum atomic E-state index is -0.160. The summed E-state index contributed by atoms with van der Waals surface area (Å²) in [4.78, 5) is 14.3. The number of carbonyl (C=O) groups excluding carboxylic acids is 1. The van der Waals surface area contributed by atoms with E-state index in [1.807, 2.05) is 31.2 Å². The van der Waals surface area contributed by atoms with Gasteiger partial charge >= 0.3 is 0 Å². The van der Waals surface area contributed by atoms with Crippen LogP contribution in [0, 0.1) is 0 Å². The number of hydrogen-bond donors (Lipinski definition) is 2. The zero-order chi connectivity index (χ0) is 15.2. The maximum Gasteiger partial charge on any atom is 0.257 e. The van der Waals surface area contributed by atoms with E-state index in [0.717, 1.165) is 12.0 Å². The van der Waals surface area contributed by atoms with Crippen molar-refractivity contribution in [2.45, 2.75) is 19.9 Å². The third-order valence-electron chi connectivity index (χ3n) is 3.27. The zero-order valence-electron chi connectivity index (χ0n) is 12.1. The highest BCUT2D eigenvalue weighted by molar-refractivity contribution is 5.96. The molecule has 0 aliphatic carbocycles. The second-order valence-corrected chi connectivity index (χ2v) is 4.99. The topological polar surface area (TPSA) is 66.6 Å². The number of phenols is 1. The number of carbonyl (C=O) groups is 1. The van der Waals surface area contributed by atoms with E-state index in [4.69, 9.17) is 5.73 Å². The summed E-state index contributed by atoms with van der Waals surface area (Å²) in [6, 6.07) is 14.1. The largest absolute Gasteiger partial charge is 0.507 e. The maximum atomic E-state index is 12.6. The molecule has 0 aliphatic rings. The van der Waals surface area contributed by atoms with Crippen LogP contribution < -0.4 is 5.73 Å². The van der Waals surface area contributed by atoms with Crippen molar-refractivity contribution in [1.29, 1.82) is 0 Å². The molecule has 0 radical (unpaired) electrons. The summed E-state index contributed by atoms with van der Waals surface area (Å²) in [5, 5.41) is 9.84. The molecule has 2 aromatic rings. The van der Waals surface area contributed by atoms with E-state index < -0.39 is 0 Å². The second-order valence-electron chi connectivity index (χ2n) is 4.99.